The summed E-state index contributed by atoms with van der Waals surface area (Å²) in [5.41, 5.74) is 10.9. The Labute approximate surface area is 297 Å². The molecule has 3 rings (SSSR count). The molecule has 1 aliphatic heterocycles. The first kappa shape index (κ1) is 40.6. The minimum Gasteiger partial charge on any atom is -0.374 e. The molecule has 1 aliphatic carbocycles. The van der Waals surface area contributed by atoms with E-state index in [1.54, 1.807) is 4.90 Å². The van der Waals surface area contributed by atoms with E-state index in [9.17, 15) is 28.8 Å². The third kappa shape index (κ3) is 9.90. The number of likely N-dealkylation sites (N-methyl/N-ethyl adjacent to an activating group) is 3. The fourth-order valence-corrected chi connectivity index (χ4v) is 6.97. The van der Waals surface area contributed by atoms with E-state index >= 15 is 0 Å². The van der Waals surface area contributed by atoms with Crippen LogP contribution in [0.4, 0.5) is 0 Å². The summed E-state index contributed by atoms with van der Waals surface area (Å²) >= 11 is 0. The van der Waals surface area contributed by atoms with Crippen LogP contribution < -0.4 is 11.5 Å². The molecule has 13 heteroatoms. The van der Waals surface area contributed by atoms with Crippen molar-refractivity contribution < 1.29 is 33.5 Å². The Morgan fingerprint density at radius 2 is 1.58 bits per heavy atom. The van der Waals surface area contributed by atoms with Crippen molar-refractivity contribution in [3.05, 3.63) is 35.9 Å². The van der Waals surface area contributed by atoms with E-state index in [0.717, 1.165) is 24.8 Å². The van der Waals surface area contributed by atoms with Crippen molar-refractivity contribution in [1.82, 2.24) is 19.6 Å². The number of nitrogens with two attached hydrogens (primary N) is 2. The molecule has 1 saturated carbocycles. The average molecular weight is 699 g/mol. The number of carbonyl (C=O) groups is 6. The number of benzene rings is 1. The van der Waals surface area contributed by atoms with Gasteiger partial charge in [0.15, 0.2) is 5.78 Å². The molecule has 5 atom stereocenters. The van der Waals surface area contributed by atoms with Gasteiger partial charge in [0, 0.05) is 47.1 Å². The minimum atomic E-state index is -1.32. The Bertz CT molecular complexity index is 1390. The zero-order chi connectivity index (χ0) is 37.6. The highest BCUT2D eigenvalue weighted by Crippen LogP contribution is 2.54. The van der Waals surface area contributed by atoms with Crippen molar-refractivity contribution in [2.24, 2.45) is 29.2 Å². The molecule has 0 bridgehead atoms. The van der Waals surface area contributed by atoms with Gasteiger partial charge in [0.05, 0.1) is 30.6 Å². The van der Waals surface area contributed by atoms with Gasteiger partial charge in [0.1, 0.15) is 17.6 Å². The molecule has 2 fully saturated rings. The van der Waals surface area contributed by atoms with Crippen LogP contribution in [0.2, 0.25) is 0 Å². The fourth-order valence-electron chi connectivity index (χ4n) is 6.97. The summed E-state index contributed by atoms with van der Waals surface area (Å²) in [7, 11) is 4.46. The SMILES string of the molecule is CC(C)CC1(N(C)C(=O)[C@@H](N)COC(C)(C)C)C(=O)C1[C@@H](CC(=O)N(C)CC(=O)N(C)[C@@H](Cc1ccccc1)C(N)=O)C(=O)N1CCCCC1. The first-order chi connectivity index (χ1) is 23.3. The molecular weight excluding hydrogens is 640 g/mol. The van der Waals surface area contributed by atoms with Gasteiger partial charge in [-0.3, -0.25) is 28.8 Å². The van der Waals surface area contributed by atoms with E-state index in [-0.39, 0.29) is 43.6 Å². The van der Waals surface area contributed by atoms with Gasteiger partial charge in [-0.15, -0.1) is 0 Å². The van der Waals surface area contributed by atoms with Gasteiger partial charge in [-0.25, -0.2) is 0 Å². The molecule has 0 radical (unpaired) electrons. The Morgan fingerprint density at radius 1 is 0.980 bits per heavy atom. The van der Waals surface area contributed by atoms with E-state index in [4.69, 9.17) is 16.2 Å². The van der Waals surface area contributed by atoms with Crippen LogP contribution in [0.3, 0.4) is 0 Å². The van der Waals surface area contributed by atoms with Crippen LogP contribution in [0.25, 0.3) is 0 Å². The number of hydrogen-bond donors (Lipinski definition) is 2. The molecule has 2 aliphatic rings. The fraction of sp³-hybridized carbons (Fsp3) is 0.676. The van der Waals surface area contributed by atoms with Crippen LogP contribution in [0.1, 0.15) is 72.3 Å². The summed E-state index contributed by atoms with van der Waals surface area (Å²) < 4.78 is 5.76. The van der Waals surface area contributed by atoms with Crippen molar-refractivity contribution in [3.63, 3.8) is 0 Å². The van der Waals surface area contributed by atoms with Gasteiger partial charge >= 0.3 is 0 Å². The van der Waals surface area contributed by atoms with Crippen molar-refractivity contribution >= 4 is 35.3 Å². The second-order valence-corrected chi connectivity index (χ2v) is 15.4. The summed E-state index contributed by atoms with van der Waals surface area (Å²) in [6, 6.07) is 7.20. The highest BCUT2D eigenvalue weighted by atomic mass is 16.5. The molecule has 0 aromatic heterocycles. The molecule has 5 amide bonds. The summed E-state index contributed by atoms with van der Waals surface area (Å²) in [5, 5.41) is 0. The lowest BCUT2D eigenvalue weighted by molar-refractivity contribution is -0.146. The summed E-state index contributed by atoms with van der Waals surface area (Å²) in [4.78, 5) is 86.9. The monoisotopic (exact) mass is 698 g/mol. The van der Waals surface area contributed by atoms with Crippen molar-refractivity contribution in [1.29, 1.82) is 0 Å². The lowest BCUT2D eigenvalue weighted by atomic mass is 9.88. The molecular formula is C37H58N6O7. The third-order valence-corrected chi connectivity index (χ3v) is 9.84. The lowest BCUT2D eigenvalue weighted by Gasteiger charge is -2.35. The van der Waals surface area contributed by atoms with E-state index in [0.29, 0.717) is 19.5 Å². The number of likely N-dealkylation sites (tertiary alicyclic amines) is 1. The molecule has 2 unspecified atom stereocenters. The topological polar surface area (TPSA) is 177 Å². The molecule has 50 heavy (non-hydrogen) atoms. The standard InChI is InChI=1S/C37H58N6O7/c1-24(2)21-37(42(8)35(49)27(38)23-50-36(3,4)5)31(32(37)46)26(34(48)43-17-13-10-14-18-43)20-29(44)40(6)22-30(45)41(7)28(33(39)47)19-25-15-11-9-12-16-25/h9,11-12,15-16,24,26-28,31H,10,13-14,17-23,38H2,1-8H3,(H2,39,47)/t26-,27+,28+,31?,37?/m1/s1. The third-order valence-electron chi connectivity index (χ3n) is 9.84. The predicted octanol–water partition coefficient (Wildman–Crippen LogP) is 1.60. The van der Waals surface area contributed by atoms with Gasteiger partial charge in [0.2, 0.25) is 29.5 Å². The molecule has 0 spiro atoms. The minimum absolute atomic E-state index is 0.0207. The number of Topliss-reactive ketones (excluding diaryl/α,β-unsaturated/α-hetero) is 1. The van der Waals surface area contributed by atoms with Crippen LogP contribution in [0, 0.1) is 17.8 Å². The van der Waals surface area contributed by atoms with Crippen LogP contribution >= 0.6 is 0 Å². The number of ketones is 1. The Balaban J connectivity index is 1.85. The van der Waals surface area contributed by atoms with E-state index in [1.807, 2.05) is 65.0 Å². The molecule has 4 N–H and O–H groups in total. The average Bonchev–Trinajstić information content (AvgIpc) is 3.65. The van der Waals surface area contributed by atoms with Crippen LogP contribution in [-0.2, 0) is 39.9 Å². The first-order valence-corrected chi connectivity index (χ1v) is 17.6. The van der Waals surface area contributed by atoms with Gasteiger partial charge in [-0.2, -0.15) is 0 Å². The molecule has 1 heterocycles. The highest BCUT2D eigenvalue weighted by molar-refractivity contribution is 6.13. The lowest BCUT2D eigenvalue weighted by Crippen LogP contribution is -2.53. The largest absolute Gasteiger partial charge is 0.374 e. The molecule has 13 nitrogen and oxygen atoms in total. The van der Waals surface area contributed by atoms with Gasteiger partial charge < -0.3 is 35.8 Å². The van der Waals surface area contributed by atoms with E-state index in [1.165, 1.54) is 35.8 Å². The quantitative estimate of drug-likeness (QED) is 0.262. The maximum Gasteiger partial charge on any atom is 0.242 e. The number of nitrogens with zero attached hydrogens (tertiary/aromatic N) is 4. The molecule has 278 valence electrons. The number of carbonyl (C=O) groups excluding carboxylic acids is 6. The Kier molecular flexibility index (Phi) is 13.7. The number of primary amides is 1. The smallest absolute Gasteiger partial charge is 0.242 e. The molecule has 1 aromatic carbocycles. The Morgan fingerprint density at radius 3 is 2.12 bits per heavy atom. The van der Waals surface area contributed by atoms with E-state index < -0.39 is 58.7 Å². The maximum absolute atomic E-state index is 14.2. The summed E-state index contributed by atoms with van der Waals surface area (Å²) in [6.45, 7) is 10.0. The highest BCUT2D eigenvalue weighted by Gasteiger charge is 2.72. The summed E-state index contributed by atoms with van der Waals surface area (Å²) in [6.07, 6.45) is 2.78. The van der Waals surface area contributed by atoms with Gasteiger partial charge in [-0.1, -0.05) is 44.2 Å². The number of amides is 5. The summed E-state index contributed by atoms with van der Waals surface area (Å²) in [5.74, 6) is -4.76. The second kappa shape index (κ2) is 16.9. The van der Waals surface area contributed by atoms with Crippen LogP contribution in [-0.4, -0.2) is 126 Å². The normalized spacial score (nSPS) is 20.9. The van der Waals surface area contributed by atoms with Crippen molar-refractivity contribution in [3.8, 4) is 0 Å². The zero-order valence-corrected chi connectivity index (χ0v) is 31.1. The van der Waals surface area contributed by atoms with Gasteiger partial charge in [-0.05, 0) is 57.9 Å². The first-order valence-electron chi connectivity index (χ1n) is 17.6. The van der Waals surface area contributed by atoms with Gasteiger partial charge in [0.25, 0.3) is 0 Å². The van der Waals surface area contributed by atoms with E-state index in [2.05, 4.69) is 0 Å². The zero-order valence-electron chi connectivity index (χ0n) is 31.1. The second-order valence-electron chi connectivity index (χ2n) is 15.4. The number of ether oxygens (including phenoxy) is 1. The number of rotatable bonds is 16. The molecule has 1 saturated heterocycles. The molecule has 1 aromatic rings. The number of hydrogen-bond acceptors (Lipinski definition) is 8. The van der Waals surface area contributed by atoms with Crippen molar-refractivity contribution in [2.45, 2.75) is 96.4 Å². The van der Waals surface area contributed by atoms with Crippen LogP contribution in [0.15, 0.2) is 30.3 Å². The maximum atomic E-state index is 14.2. The van der Waals surface area contributed by atoms with Crippen molar-refractivity contribution in [2.75, 3.05) is 47.4 Å². The Hall–Kier alpha value is -3.84. The number of piperidine rings is 1. The predicted molar refractivity (Wildman–Crippen MR) is 189 cm³/mol. The van der Waals surface area contributed by atoms with Crippen LogP contribution in [0.5, 0.6) is 0 Å².